The van der Waals surface area contributed by atoms with Gasteiger partial charge in [-0.25, -0.2) is 4.79 Å². The largest absolute Gasteiger partial charge is 0.486 e. The minimum Gasteiger partial charge on any atom is -0.486 e. The van der Waals surface area contributed by atoms with Crippen LogP contribution in [0.4, 0.5) is 4.79 Å². The van der Waals surface area contributed by atoms with Crippen molar-refractivity contribution < 1.29 is 28.5 Å². The smallest absolute Gasteiger partial charge is 0.410 e. The molecule has 4 aliphatic heterocycles. The molecule has 10 rings (SSSR count). The molecule has 1 N–H and O–H groups in total. The van der Waals surface area contributed by atoms with Crippen molar-refractivity contribution in [2.24, 2.45) is 0 Å². The number of fused-ring (bicyclic) bond motifs is 4. The van der Waals surface area contributed by atoms with Crippen LogP contribution in [-0.4, -0.2) is 113 Å². The Morgan fingerprint density at radius 2 is 1.08 bits per heavy atom. The summed E-state index contributed by atoms with van der Waals surface area (Å²) in [6.07, 6.45) is 3.58. The number of halogens is 2. The van der Waals surface area contributed by atoms with Crippen molar-refractivity contribution in [3.63, 3.8) is 0 Å². The molecule has 0 spiro atoms. The van der Waals surface area contributed by atoms with E-state index in [1.54, 1.807) is 12.1 Å². The van der Waals surface area contributed by atoms with E-state index in [2.05, 4.69) is 90.3 Å². The first-order chi connectivity index (χ1) is 35.1. The highest BCUT2D eigenvalue weighted by Crippen LogP contribution is 2.34. The Morgan fingerprint density at radius 3 is 1.59 bits per heavy atom. The summed E-state index contributed by atoms with van der Waals surface area (Å²) in [6, 6.07) is 28.1. The SMILES string of the molecule is Cc1cc(Br)c2ccc(=O)n(CCN3CCC(N(Cc4ccc5c(c4)OCCO5)C(=O)OC(C)(C)C)CC3)c2c1.Cc1cc(Br)c2ccc(=O)n(CCN3CCC(NCc4ccc5c(c4)OCCO5)CC3)c2c1. The van der Waals surface area contributed by atoms with E-state index in [9.17, 15) is 14.4 Å². The van der Waals surface area contributed by atoms with Crippen LogP contribution in [0.2, 0.25) is 0 Å². The summed E-state index contributed by atoms with van der Waals surface area (Å²) in [5.74, 6) is 3.14. The number of hydrogen-bond acceptors (Lipinski definition) is 11. The second-order valence-electron chi connectivity index (χ2n) is 20.6. The van der Waals surface area contributed by atoms with Crippen LogP contribution >= 0.6 is 31.9 Å². The average Bonchev–Trinajstić information content (AvgIpc) is 3.36. The third-order valence-electron chi connectivity index (χ3n) is 14.1. The molecule has 4 aliphatic rings. The molecule has 14 nitrogen and oxygen atoms in total. The number of nitrogens with one attached hydrogen (secondary N) is 1. The van der Waals surface area contributed by atoms with Crippen LogP contribution < -0.4 is 35.4 Å². The molecule has 0 aliphatic carbocycles. The van der Waals surface area contributed by atoms with Gasteiger partial charge in [-0.1, -0.05) is 44.0 Å². The Balaban J connectivity index is 0.000000183. The predicted molar refractivity (Wildman–Crippen MR) is 294 cm³/mol. The van der Waals surface area contributed by atoms with Gasteiger partial charge in [-0.2, -0.15) is 0 Å². The van der Waals surface area contributed by atoms with E-state index in [1.807, 2.05) is 78.1 Å². The normalized spacial score (nSPS) is 16.5. The van der Waals surface area contributed by atoms with Gasteiger partial charge < -0.3 is 52.8 Å². The first-order valence-electron chi connectivity index (χ1n) is 25.7. The van der Waals surface area contributed by atoms with E-state index >= 15 is 0 Å². The zero-order valence-electron chi connectivity index (χ0n) is 42.7. The summed E-state index contributed by atoms with van der Waals surface area (Å²) >= 11 is 7.29. The highest BCUT2D eigenvalue weighted by atomic mass is 79.9. The van der Waals surface area contributed by atoms with Crippen molar-refractivity contribution in [1.82, 2.24) is 29.2 Å². The van der Waals surface area contributed by atoms with E-state index in [0.29, 0.717) is 57.9 Å². The molecule has 6 aromatic rings. The maximum Gasteiger partial charge on any atom is 0.410 e. The number of hydrogen-bond donors (Lipinski definition) is 1. The third kappa shape index (κ3) is 13.3. The number of carbonyl (C=O) groups is 1. The van der Waals surface area contributed by atoms with Gasteiger partial charge in [0, 0.05) is 96.3 Å². The summed E-state index contributed by atoms with van der Waals surface area (Å²) in [4.78, 5) is 45.4. The molecule has 0 unspecified atom stereocenters. The van der Waals surface area contributed by atoms with Gasteiger partial charge in [0.2, 0.25) is 0 Å². The van der Waals surface area contributed by atoms with Crippen molar-refractivity contribution >= 4 is 59.8 Å². The zero-order chi connectivity index (χ0) is 51.2. The molecular formula is C57H68Br2N6O8. The van der Waals surface area contributed by atoms with Crippen LogP contribution in [0, 0.1) is 13.8 Å². The Morgan fingerprint density at radius 1 is 0.616 bits per heavy atom. The number of pyridine rings is 2. The number of benzene rings is 4. The van der Waals surface area contributed by atoms with E-state index in [0.717, 1.165) is 136 Å². The van der Waals surface area contributed by atoms with E-state index in [4.69, 9.17) is 23.7 Å². The predicted octanol–water partition coefficient (Wildman–Crippen LogP) is 9.84. The van der Waals surface area contributed by atoms with Gasteiger partial charge in [0.25, 0.3) is 11.1 Å². The molecule has 2 aromatic heterocycles. The summed E-state index contributed by atoms with van der Waals surface area (Å²) in [5, 5.41) is 5.82. The van der Waals surface area contributed by atoms with Crippen molar-refractivity contribution in [2.45, 2.75) is 104 Å². The number of aryl methyl sites for hydroxylation is 2. The van der Waals surface area contributed by atoms with Gasteiger partial charge in [0.1, 0.15) is 32.0 Å². The number of aromatic nitrogens is 2. The van der Waals surface area contributed by atoms with Gasteiger partial charge >= 0.3 is 6.09 Å². The summed E-state index contributed by atoms with van der Waals surface area (Å²) in [6.45, 7) is 20.1. The summed E-state index contributed by atoms with van der Waals surface area (Å²) < 4.78 is 34.4. The topological polar surface area (TPSA) is 129 Å². The lowest BCUT2D eigenvalue weighted by atomic mass is 10.0. The highest BCUT2D eigenvalue weighted by molar-refractivity contribution is 9.11. The molecule has 6 heterocycles. The van der Waals surface area contributed by atoms with Crippen LogP contribution in [0.1, 0.15) is 68.7 Å². The molecule has 0 bridgehead atoms. The maximum absolute atomic E-state index is 13.4. The molecule has 388 valence electrons. The fourth-order valence-corrected chi connectivity index (χ4v) is 11.6. The molecule has 0 saturated carbocycles. The second kappa shape index (κ2) is 23.4. The lowest BCUT2D eigenvalue weighted by molar-refractivity contribution is 0.00562. The van der Waals surface area contributed by atoms with Gasteiger partial charge in [-0.15, -0.1) is 0 Å². The molecule has 2 fully saturated rings. The molecule has 4 aromatic carbocycles. The molecular weight excluding hydrogens is 1060 g/mol. The van der Waals surface area contributed by atoms with Crippen molar-refractivity contribution in [2.75, 3.05) is 65.7 Å². The number of likely N-dealkylation sites (tertiary alicyclic amines) is 2. The van der Waals surface area contributed by atoms with Gasteiger partial charge in [-0.3, -0.25) is 9.59 Å². The van der Waals surface area contributed by atoms with Crippen LogP contribution in [0.5, 0.6) is 23.0 Å². The molecule has 73 heavy (non-hydrogen) atoms. The number of amides is 1. The van der Waals surface area contributed by atoms with E-state index in [-0.39, 0.29) is 23.3 Å². The minimum atomic E-state index is -0.581. The number of ether oxygens (including phenoxy) is 5. The zero-order valence-corrected chi connectivity index (χ0v) is 45.9. The van der Waals surface area contributed by atoms with Gasteiger partial charge in [0.05, 0.1) is 11.0 Å². The van der Waals surface area contributed by atoms with E-state index < -0.39 is 5.60 Å². The van der Waals surface area contributed by atoms with E-state index in [1.165, 1.54) is 5.56 Å². The Hall–Kier alpha value is -5.39. The fraction of sp³-hybridized carbons (Fsp3) is 0.456. The first kappa shape index (κ1) is 52.5. The second-order valence-corrected chi connectivity index (χ2v) is 22.3. The number of rotatable bonds is 12. The van der Waals surface area contributed by atoms with Gasteiger partial charge in [0.15, 0.2) is 23.0 Å². The fourth-order valence-electron chi connectivity index (χ4n) is 10.2. The Labute approximate surface area is 444 Å². The van der Waals surface area contributed by atoms with Crippen LogP contribution in [-0.2, 0) is 30.9 Å². The molecule has 1 amide bonds. The first-order valence-corrected chi connectivity index (χ1v) is 27.3. The van der Waals surface area contributed by atoms with Crippen LogP contribution in [0.3, 0.4) is 0 Å². The standard InChI is InChI=1S/C31H38BrN3O5.C26H30BrN3O3/c1-21-17-25(32)24-6-8-29(36)34(26(24)18-21)14-13-33-11-9-23(10-12-33)35(30(37)40-31(2,3)4)20-22-5-7-27-28(19-22)39-16-15-38-27;1-18-14-22(27)21-3-5-26(31)30(23(21)15-18)11-10-29-8-6-20(7-9-29)28-17-19-2-4-24-25(16-19)33-13-12-32-24/h5-8,17-19,23H,9-16,20H2,1-4H3;2-5,14-16,20,28H,6-13,17H2,1H3. The van der Waals surface area contributed by atoms with Crippen molar-refractivity contribution in [3.05, 3.63) is 137 Å². The van der Waals surface area contributed by atoms with Crippen molar-refractivity contribution in [1.29, 1.82) is 0 Å². The number of piperidine rings is 2. The molecule has 16 heteroatoms. The Kier molecular flexibility index (Phi) is 16.8. The Bertz CT molecular complexity index is 3050. The molecule has 0 atom stereocenters. The number of carbonyl (C=O) groups excluding carboxylic acids is 1. The molecule has 0 radical (unpaired) electrons. The quantitative estimate of drug-likeness (QED) is 0.126. The number of nitrogens with zero attached hydrogens (tertiary/aromatic N) is 5. The van der Waals surface area contributed by atoms with Gasteiger partial charge in [-0.05, 0) is 156 Å². The minimum absolute atomic E-state index is 0.00964. The molecule has 2 saturated heterocycles. The third-order valence-corrected chi connectivity index (χ3v) is 15.4. The lowest BCUT2D eigenvalue weighted by Crippen LogP contribution is -2.49. The highest BCUT2D eigenvalue weighted by Gasteiger charge is 2.32. The summed E-state index contributed by atoms with van der Waals surface area (Å²) in [7, 11) is 0. The summed E-state index contributed by atoms with van der Waals surface area (Å²) in [5.41, 5.74) is 5.91. The maximum atomic E-state index is 13.4. The van der Waals surface area contributed by atoms with Crippen LogP contribution in [0.25, 0.3) is 21.8 Å². The van der Waals surface area contributed by atoms with Crippen molar-refractivity contribution in [3.8, 4) is 23.0 Å². The monoisotopic (exact) mass is 1120 g/mol. The average molecular weight is 1130 g/mol. The van der Waals surface area contributed by atoms with Crippen LogP contribution in [0.15, 0.2) is 103 Å². The lowest BCUT2D eigenvalue weighted by Gasteiger charge is -2.39.